The zero-order chi connectivity index (χ0) is 14.7. The minimum Gasteiger partial charge on any atom is -0.508 e. The van der Waals surface area contributed by atoms with Crippen molar-refractivity contribution >= 4 is 17.6 Å². The Morgan fingerprint density at radius 2 is 2.25 bits per heavy atom. The summed E-state index contributed by atoms with van der Waals surface area (Å²) in [5.41, 5.74) is 6.65. The monoisotopic (exact) mass is 275 g/mol. The fourth-order valence-electron chi connectivity index (χ4n) is 1.57. The van der Waals surface area contributed by atoms with E-state index in [0.29, 0.717) is 5.56 Å². The van der Waals surface area contributed by atoms with Crippen molar-refractivity contribution in [2.45, 2.75) is 6.92 Å². The van der Waals surface area contributed by atoms with Crippen LogP contribution in [0.3, 0.4) is 0 Å². The molecule has 0 aliphatic carbocycles. The van der Waals surface area contributed by atoms with Gasteiger partial charge in [-0.25, -0.2) is 0 Å². The number of nitrogens with one attached hydrogen (secondary N) is 2. The second kappa shape index (κ2) is 5.31. The highest BCUT2D eigenvalue weighted by molar-refractivity contribution is 6.09. The second-order valence-electron chi connectivity index (χ2n) is 4.10. The van der Waals surface area contributed by atoms with Gasteiger partial charge in [0.05, 0.1) is 11.8 Å². The minimum atomic E-state index is -0.462. The van der Waals surface area contributed by atoms with Gasteiger partial charge in [0, 0.05) is 5.56 Å². The summed E-state index contributed by atoms with van der Waals surface area (Å²) in [6.07, 6.45) is 1.32. The number of nitrogens with zero attached hydrogens (tertiary/aromatic N) is 2. The van der Waals surface area contributed by atoms with Gasteiger partial charge in [-0.3, -0.25) is 9.89 Å². The van der Waals surface area contributed by atoms with Crippen LogP contribution in [0.15, 0.2) is 29.6 Å². The van der Waals surface area contributed by atoms with Gasteiger partial charge in [-0.2, -0.15) is 5.10 Å². The Labute approximate surface area is 113 Å². The van der Waals surface area contributed by atoms with Gasteiger partial charge in [-0.1, -0.05) is 11.2 Å². The molecule has 0 spiro atoms. The number of amides is 1. The topological polar surface area (TPSA) is 137 Å². The van der Waals surface area contributed by atoms with Crippen molar-refractivity contribution in [2.24, 2.45) is 10.9 Å². The average molecular weight is 275 g/mol. The summed E-state index contributed by atoms with van der Waals surface area (Å²) in [5.74, 6) is -0.415. The number of aromatic amines is 1. The number of aryl methyl sites for hydroxylation is 1. The van der Waals surface area contributed by atoms with Crippen LogP contribution in [0.25, 0.3) is 0 Å². The first-order valence-electron chi connectivity index (χ1n) is 5.65. The number of H-pyrrole nitrogens is 1. The number of aromatic nitrogens is 2. The molecule has 0 unspecified atom stereocenters. The molecule has 6 N–H and O–H groups in total. The molecular weight excluding hydrogens is 262 g/mol. The zero-order valence-electron chi connectivity index (χ0n) is 10.6. The third kappa shape index (κ3) is 2.53. The zero-order valence-corrected chi connectivity index (χ0v) is 10.6. The fourth-order valence-corrected chi connectivity index (χ4v) is 1.57. The van der Waals surface area contributed by atoms with E-state index in [0.717, 1.165) is 0 Å². The molecule has 1 amide bonds. The number of carbonyl (C=O) groups excluding carboxylic acids is 1. The Hall–Kier alpha value is -3.03. The Morgan fingerprint density at radius 3 is 2.90 bits per heavy atom. The maximum absolute atomic E-state index is 12.0. The average Bonchev–Trinajstić information content (AvgIpc) is 2.89. The maximum atomic E-state index is 12.0. The van der Waals surface area contributed by atoms with Crippen LogP contribution in [0.1, 0.15) is 21.5 Å². The van der Waals surface area contributed by atoms with E-state index >= 15 is 0 Å². The molecule has 8 heteroatoms. The molecule has 0 saturated carbocycles. The molecule has 20 heavy (non-hydrogen) atoms. The summed E-state index contributed by atoms with van der Waals surface area (Å²) in [7, 11) is 0. The van der Waals surface area contributed by atoms with Crippen molar-refractivity contribution in [3.63, 3.8) is 0 Å². The maximum Gasteiger partial charge on any atom is 0.256 e. The SMILES string of the molecule is Cc1ccc(C(=O)Nc2[nH]ncc2C(N)=NO)cc1O. The van der Waals surface area contributed by atoms with E-state index in [2.05, 4.69) is 20.7 Å². The molecule has 0 radical (unpaired) electrons. The van der Waals surface area contributed by atoms with Crippen LogP contribution in [0.4, 0.5) is 5.82 Å². The van der Waals surface area contributed by atoms with E-state index < -0.39 is 5.91 Å². The third-order valence-corrected chi connectivity index (χ3v) is 2.73. The van der Waals surface area contributed by atoms with Gasteiger partial charge in [0.2, 0.25) is 0 Å². The quantitative estimate of drug-likeness (QED) is 0.244. The van der Waals surface area contributed by atoms with Gasteiger partial charge < -0.3 is 21.4 Å². The highest BCUT2D eigenvalue weighted by Gasteiger charge is 2.14. The van der Waals surface area contributed by atoms with Gasteiger partial charge in [-0.05, 0) is 24.6 Å². The largest absolute Gasteiger partial charge is 0.508 e. The lowest BCUT2D eigenvalue weighted by Gasteiger charge is -2.06. The van der Waals surface area contributed by atoms with Crippen LogP contribution in [-0.2, 0) is 0 Å². The van der Waals surface area contributed by atoms with Gasteiger partial charge in [-0.15, -0.1) is 0 Å². The Kier molecular flexibility index (Phi) is 3.56. The Balaban J connectivity index is 2.24. The van der Waals surface area contributed by atoms with E-state index in [1.807, 2.05) is 0 Å². The first-order chi connectivity index (χ1) is 9.52. The van der Waals surface area contributed by atoms with Gasteiger partial charge in [0.25, 0.3) is 5.91 Å². The van der Waals surface area contributed by atoms with Crippen molar-refractivity contribution in [1.29, 1.82) is 0 Å². The number of phenolic OH excluding ortho intramolecular Hbond substituents is 1. The molecule has 0 atom stereocenters. The number of nitrogens with two attached hydrogens (primary N) is 1. The molecule has 0 aliphatic rings. The number of hydrogen-bond acceptors (Lipinski definition) is 5. The van der Waals surface area contributed by atoms with Crippen molar-refractivity contribution in [2.75, 3.05) is 5.32 Å². The molecule has 2 rings (SSSR count). The first kappa shape index (κ1) is 13.4. The van der Waals surface area contributed by atoms with Crippen molar-refractivity contribution < 1.29 is 15.1 Å². The van der Waals surface area contributed by atoms with Crippen molar-refractivity contribution in [3.05, 3.63) is 41.1 Å². The highest BCUT2D eigenvalue weighted by Crippen LogP contribution is 2.19. The normalized spacial score (nSPS) is 11.3. The molecule has 2 aromatic rings. The van der Waals surface area contributed by atoms with Gasteiger partial charge >= 0.3 is 0 Å². The second-order valence-corrected chi connectivity index (χ2v) is 4.10. The number of amidine groups is 1. The van der Waals surface area contributed by atoms with Crippen molar-refractivity contribution in [3.8, 4) is 5.75 Å². The summed E-state index contributed by atoms with van der Waals surface area (Å²) < 4.78 is 0. The smallest absolute Gasteiger partial charge is 0.256 e. The Bertz CT molecular complexity index is 677. The number of carbonyl (C=O) groups is 1. The first-order valence-corrected chi connectivity index (χ1v) is 5.65. The number of rotatable bonds is 3. The molecule has 1 aromatic carbocycles. The van der Waals surface area contributed by atoms with Crippen LogP contribution < -0.4 is 11.1 Å². The molecule has 1 aromatic heterocycles. The third-order valence-electron chi connectivity index (χ3n) is 2.73. The summed E-state index contributed by atoms with van der Waals surface area (Å²) in [4.78, 5) is 12.0. The van der Waals surface area contributed by atoms with Crippen LogP contribution in [0.2, 0.25) is 0 Å². The van der Waals surface area contributed by atoms with E-state index in [1.165, 1.54) is 12.3 Å². The number of aromatic hydroxyl groups is 1. The van der Waals surface area contributed by atoms with E-state index in [9.17, 15) is 9.90 Å². The Morgan fingerprint density at radius 1 is 1.50 bits per heavy atom. The van der Waals surface area contributed by atoms with Crippen LogP contribution in [0.5, 0.6) is 5.75 Å². The summed E-state index contributed by atoms with van der Waals surface area (Å²) in [6, 6.07) is 4.55. The molecule has 8 nitrogen and oxygen atoms in total. The highest BCUT2D eigenvalue weighted by atomic mass is 16.4. The lowest BCUT2D eigenvalue weighted by Crippen LogP contribution is -2.18. The summed E-state index contributed by atoms with van der Waals surface area (Å²) >= 11 is 0. The van der Waals surface area contributed by atoms with Crippen LogP contribution >= 0.6 is 0 Å². The molecule has 1 heterocycles. The number of hydrogen-bond donors (Lipinski definition) is 5. The number of phenols is 1. The van der Waals surface area contributed by atoms with E-state index in [4.69, 9.17) is 10.9 Å². The number of oxime groups is 1. The molecule has 0 saturated heterocycles. The lowest BCUT2D eigenvalue weighted by molar-refractivity contribution is 0.102. The van der Waals surface area contributed by atoms with Crippen molar-refractivity contribution in [1.82, 2.24) is 10.2 Å². The van der Waals surface area contributed by atoms with Gasteiger partial charge in [0.1, 0.15) is 11.6 Å². The predicted molar refractivity (Wildman–Crippen MR) is 71.9 cm³/mol. The molecule has 0 bridgehead atoms. The standard InChI is InChI=1S/C12H13N5O3/c1-6-2-3-7(4-9(6)18)12(19)15-11-8(5-14-16-11)10(13)17-20/h2-5,18,20H,1H3,(H2,13,17)(H2,14,15,16,19). The minimum absolute atomic E-state index is 0.0268. The summed E-state index contributed by atoms with van der Waals surface area (Å²) in [6.45, 7) is 1.72. The van der Waals surface area contributed by atoms with Crippen LogP contribution in [-0.4, -0.2) is 32.3 Å². The molecular formula is C12H13N5O3. The number of anilines is 1. The molecule has 0 aliphatic heterocycles. The lowest BCUT2D eigenvalue weighted by atomic mass is 10.1. The van der Waals surface area contributed by atoms with E-state index in [1.54, 1.807) is 19.1 Å². The number of benzene rings is 1. The van der Waals surface area contributed by atoms with Crippen LogP contribution in [0, 0.1) is 6.92 Å². The molecule has 104 valence electrons. The van der Waals surface area contributed by atoms with Gasteiger partial charge in [0.15, 0.2) is 5.84 Å². The van der Waals surface area contributed by atoms with E-state index in [-0.39, 0.29) is 28.5 Å². The molecule has 0 fully saturated rings. The summed E-state index contributed by atoms with van der Waals surface area (Å²) in [5, 5.41) is 29.8. The fraction of sp³-hybridized carbons (Fsp3) is 0.0833. The predicted octanol–water partition coefficient (Wildman–Crippen LogP) is 0.771.